The molecule has 1 nitrogen and oxygen atoms in total. The molecule has 0 aliphatic rings. The fraction of sp³-hybridized carbons (Fsp3) is 0.308. The van der Waals surface area contributed by atoms with Gasteiger partial charge in [0.15, 0.2) is 11.6 Å². The SMILES string of the molecule is CCCCc1ccc(-c2ccc(OCc3ccc(CCC)c(F)c3F)cc2)cc1F. The molecule has 0 amide bonds. The van der Waals surface area contributed by atoms with Crippen molar-refractivity contribution in [1.29, 1.82) is 0 Å². The van der Waals surface area contributed by atoms with E-state index < -0.39 is 11.6 Å². The van der Waals surface area contributed by atoms with Crippen LogP contribution in [0.1, 0.15) is 49.8 Å². The molecule has 0 saturated carbocycles. The molecule has 3 rings (SSSR count). The number of rotatable bonds is 9. The van der Waals surface area contributed by atoms with Crippen LogP contribution in [0.25, 0.3) is 11.1 Å². The van der Waals surface area contributed by atoms with E-state index in [-0.39, 0.29) is 18.0 Å². The van der Waals surface area contributed by atoms with Crippen LogP contribution in [0, 0.1) is 17.5 Å². The fourth-order valence-electron chi connectivity index (χ4n) is 3.40. The molecule has 0 saturated heterocycles. The quantitative estimate of drug-likeness (QED) is 0.351. The van der Waals surface area contributed by atoms with Gasteiger partial charge in [0.05, 0.1) is 0 Å². The molecule has 0 fully saturated rings. The van der Waals surface area contributed by atoms with Gasteiger partial charge in [-0.15, -0.1) is 0 Å². The van der Waals surface area contributed by atoms with E-state index in [2.05, 4.69) is 6.92 Å². The smallest absolute Gasteiger partial charge is 0.165 e. The second kappa shape index (κ2) is 10.3. The van der Waals surface area contributed by atoms with Gasteiger partial charge in [0.2, 0.25) is 0 Å². The summed E-state index contributed by atoms with van der Waals surface area (Å²) in [4.78, 5) is 0. The number of hydrogen-bond donors (Lipinski definition) is 0. The average Bonchev–Trinajstić information content (AvgIpc) is 2.76. The number of ether oxygens (including phenoxy) is 1. The Kier molecular flexibility index (Phi) is 7.56. The summed E-state index contributed by atoms with van der Waals surface area (Å²) in [5.41, 5.74) is 2.96. The maximum Gasteiger partial charge on any atom is 0.165 e. The van der Waals surface area contributed by atoms with Gasteiger partial charge in [-0.1, -0.05) is 63.1 Å². The van der Waals surface area contributed by atoms with E-state index in [1.807, 2.05) is 31.2 Å². The van der Waals surface area contributed by atoms with Crippen LogP contribution in [0.15, 0.2) is 54.6 Å². The second-order valence-electron chi connectivity index (χ2n) is 7.48. The molecule has 0 heterocycles. The number of halogens is 3. The van der Waals surface area contributed by atoms with Crippen molar-refractivity contribution in [1.82, 2.24) is 0 Å². The van der Waals surface area contributed by atoms with Gasteiger partial charge in [-0.25, -0.2) is 13.2 Å². The summed E-state index contributed by atoms with van der Waals surface area (Å²) in [6.45, 7) is 3.95. The zero-order chi connectivity index (χ0) is 21.5. The monoisotopic (exact) mass is 412 g/mol. The van der Waals surface area contributed by atoms with Crippen molar-refractivity contribution in [2.24, 2.45) is 0 Å². The minimum absolute atomic E-state index is 0.0603. The molecule has 0 spiro atoms. The number of hydrogen-bond acceptors (Lipinski definition) is 1. The number of aryl methyl sites for hydroxylation is 2. The first-order valence-corrected chi connectivity index (χ1v) is 10.5. The highest BCUT2D eigenvalue weighted by Crippen LogP contribution is 2.26. The zero-order valence-electron chi connectivity index (χ0n) is 17.5. The lowest BCUT2D eigenvalue weighted by atomic mass is 10.0. The third kappa shape index (κ3) is 5.24. The number of unbranched alkanes of at least 4 members (excludes halogenated alkanes) is 1. The van der Waals surface area contributed by atoms with Gasteiger partial charge in [-0.2, -0.15) is 0 Å². The summed E-state index contributed by atoms with van der Waals surface area (Å²) in [7, 11) is 0. The Balaban J connectivity index is 1.67. The molecule has 0 aromatic heterocycles. The molecule has 3 aromatic rings. The predicted molar refractivity (Wildman–Crippen MR) is 115 cm³/mol. The molecule has 4 heteroatoms. The second-order valence-corrected chi connectivity index (χ2v) is 7.48. The van der Waals surface area contributed by atoms with Crippen LogP contribution in [0.3, 0.4) is 0 Å². The molecular formula is C26H27F3O. The first-order valence-electron chi connectivity index (χ1n) is 10.5. The highest BCUT2D eigenvalue weighted by molar-refractivity contribution is 5.64. The fourth-order valence-corrected chi connectivity index (χ4v) is 3.40. The highest BCUT2D eigenvalue weighted by atomic mass is 19.2. The van der Waals surface area contributed by atoms with Crippen molar-refractivity contribution in [3.63, 3.8) is 0 Å². The largest absolute Gasteiger partial charge is 0.489 e. The van der Waals surface area contributed by atoms with Crippen LogP contribution in [-0.4, -0.2) is 0 Å². The van der Waals surface area contributed by atoms with Crippen molar-refractivity contribution in [3.05, 3.63) is 88.7 Å². The first kappa shape index (κ1) is 21.9. The van der Waals surface area contributed by atoms with Crippen LogP contribution < -0.4 is 4.74 Å². The van der Waals surface area contributed by atoms with E-state index in [0.29, 0.717) is 17.7 Å². The van der Waals surface area contributed by atoms with Gasteiger partial charge in [-0.3, -0.25) is 0 Å². The molecular weight excluding hydrogens is 385 g/mol. The topological polar surface area (TPSA) is 9.23 Å². The van der Waals surface area contributed by atoms with Gasteiger partial charge < -0.3 is 4.74 Å². The van der Waals surface area contributed by atoms with Gasteiger partial charge in [0.25, 0.3) is 0 Å². The summed E-state index contributed by atoms with van der Waals surface area (Å²) in [6.07, 6.45) is 4.00. The summed E-state index contributed by atoms with van der Waals surface area (Å²) >= 11 is 0. The predicted octanol–water partition coefficient (Wildman–Crippen LogP) is 7.65. The van der Waals surface area contributed by atoms with E-state index in [1.165, 1.54) is 0 Å². The van der Waals surface area contributed by atoms with Crippen LogP contribution in [0.4, 0.5) is 13.2 Å². The van der Waals surface area contributed by atoms with E-state index >= 15 is 0 Å². The maximum atomic E-state index is 14.3. The Labute approximate surface area is 176 Å². The summed E-state index contributed by atoms with van der Waals surface area (Å²) < 4.78 is 48.2. The van der Waals surface area contributed by atoms with Gasteiger partial charge >= 0.3 is 0 Å². The van der Waals surface area contributed by atoms with Crippen LogP contribution in [0.5, 0.6) is 5.75 Å². The van der Waals surface area contributed by atoms with E-state index in [1.54, 1.807) is 30.3 Å². The maximum absolute atomic E-state index is 14.3. The standard InChI is InChI=1S/C26H27F3O/c1-3-5-7-19-8-10-21(16-24(19)27)18-12-14-23(15-13-18)30-17-22-11-9-20(6-4-2)25(28)26(22)29/h8-16H,3-7,17H2,1-2H3. The van der Waals surface area contributed by atoms with Gasteiger partial charge in [0.1, 0.15) is 18.2 Å². The summed E-state index contributed by atoms with van der Waals surface area (Å²) in [6, 6.07) is 15.6. The third-order valence-corrected chi connectivity index (χ3v) is 5.20. The minimum atomic E-state index is -0.851. The Morgan fingerprint density at radius 1 is 0.667 bits per heavy atom. The minimum Gasteiger partial charge on any atom is -0.489 e. The molecule has 0 bridgehead atoms. The normalized spacial score (nSPS) is 11.0. The molecule has 0 aliphatic heterocycles. The lowest BCUT2D eigenvalue weighted by Crippen LogP contribution is -2.03. The van der Waals surface area contributed by atoms with Gasteiger partial charge in [0, 0.05) is 5.56 Å². The van der Waals surface area contributed by atoms with Crippen LogP contribution >= 0.6 is 0 Å². The molecule has 0 radical (unpaired) electrons. The van der Waals surface area contributed by atoms with Gasteiger partial charge in [-0.05, 0) is 59.7 Å². The Bertz CT molecular complexity index is 980. The average molecular weight is 412 g/mol. The van der Waals surface area contributed by atoms with Crippen molar-refractivity contribution in [3.8, 4) is 16.9 Å². The molecule has 0 atom stereocenters. The van der Waals surface area contributed by atoms with Crippen molar-refractivity contribution < 1.29 is 17.9 Å². The van der Waals surface area contributed by atoms with E-state index in [0.717, 1.165) is 42.4 Å². The van der Waals surface area contributed by atoms with Crippen LogP contribution in [-0.2, 0) is 19.4 Å². The summed E-state index contributed by atoms with van der Waals surface area (Å²) in [5, 5.41) is 0. The summed E-state index contributed by atoms with van der Waals surface area (Å²) in [5.74, 6) is -1.30. The third-order valence-electron chi connectivity index (χ3n) is 5.20. The molecule has 3 aromatic carbocycles. The van der Waals surface area contributed by atoms with Crippen molar-refractivity contribution >= 4 is 0 Å². The van der Waals surface area contributed by atoms with E-state index in [9.17, 15) is 13.2 Å². The number of benzene rings is 3. The Morgan fingerprint density at radius 2 is 1.30 bits per heavy atom. The van der Waals surface area contributed by atoms with Crippen LogP contribution in [0.2, 0.25) is 0 Å². The molecule has 0 unspecified atom stereocenters. The Hall–Kier alpha value is -2.75. The van der Waals surface area contributed by atoms with Crippen molar-refractivity contribution in [2.45, 2.75) is 52.6 Å². The van der Waals surface area contributed by atoms with Crippen molar-refractivity contribution in [2.75, 3.05) is 0 Å². The Morgan fingerprint density at radius 3 is 1.97 bits per heavy atom. The lowest BCUT2D eigenvalue weighted by molar-refractivity contribution is 0.297. The van der Waals surface area contributed by atoms with E-state index in [4.69, 9.17) is 4.74 Å². The molecule has 0 N–H and O–H groups in total. The molecule has 30 heavy (non-hydrogen) atoms. The highest BCUT2D eigenvalue weighted by Gasteiger charge is 2.13. The first-order chi connectivity index (χ1) is 14.5. The molecule has 0 aliphatic carbocycles. The lowest BCUT2D eigenvalue weighted by Gasteiger charge is -2.11. The zero-order valence-corrected chi connectivity index (χ0v) is 17.5. The molecule has 158 valence electrons.